The normalized spacial score (nSPS) is 22.5. The predicted octanol–water partition coefficient (Wildman–Crippen LogP) is 1.58. The third kappa shape index (κ3) is 6.59. The predicted molar refractivity (Wildman–Crippen MR) is 104 cm³/mol. The molecule has 10 heteroatoms. The van der Waals surface area contributed by atoms with Gasteiger partial charge in [0.1, 0.15) is 0 Å². The largest absolute Gasteiger partial charge is 0.473 e. The number of allylic oxidation sites excluding steroid dienone is 2. The summed E-state index contributed by atoms with van der Waals surface area (Å²) in [6.07, 6.45) is 7.24. The van der Waals surface area contributed by atoms with Gasteiger partial charge in [-0.3, -0.25) is 0 Å². The number of carbonyl (C=O) groups is 2. The minimum absolute atomic E-state index is 0.245. The lowest BCUT2D eigenvalue weighted by molar-refractivity contribution is -0.159. The van der Waals surface area contributed by atoms with Gasteiger partial charge in [0.2, 0.25) is 10.0 Å². The number of hydrogen-bond acceptors (Lipinski definition) is 5. The second-order valence-corrected chi connectivity index (χ2v) is 8.91. The highest BCUT2D eigenvalue weighted by molar-refractivity contribution is 7.89. The lowest BCUT2D eigenvalue weighted by atomic mass is 9.94. The molecule has 3 unspecified atom stereocenters. The fourth-order valence-electron chi connectivity index (χ4n) is 3.39. The van der Waals surface area contributed by atoms with Gasteiger partial charge in [0.15, 0.2) is 0 Å². The first-order valence-electron chi connectivity index (χ1n) is 8.79. The first kappa shape index (κ1) is 22.4. The number of rotatable bonds is 7. The van der Waals surface area contributed by atoms with E-state index in [0.717, 1.165) is 18.4 Å². The molecule has 3 rings (SSSR count). The zero-order chi connectivity index (χ0) is 20.7. The van der Waals surface area contributed by atoms with Crippen LogP contribution in [0.5, 0.6) is 0 Å². The number of hydrogen-bond donors (Lipinski definition) is 4. The molecule has 2 aliphatic carbocycles. The molecule has 2 aliphatic rings. The van der Waals surface area contributed by atoms with E-state index >= 15 is 0 Å². The molecule has 0 aromatic heterocycles. The maximum Gasteiger partial charge on any atom is 0.414 e. The average Bonchev–Trinajstić information content (AvgIpc) is 3.25. The number of fused-ring (bicyclic) bond motifs is 2. The molecule has 28 heavy (non-hydrogen) atoms. The Balaban J connectivity index is 0.000000409. The molecule has 1 fully saturated rings. The molecule has 0 heterocycles. The van der Waals surface area contributed by atoms with Gasteiger partial charge in [-0.2, -0.15) is 0 Å². The average molecular weight is 431 g/mol. The summed E-state index contributed by atoms with van der Waals surface area (Å²) in [6, 6.07) is 6.19. The van der Waals surface area contributed by atoms with Gasteiger partial charge in [0, 0.05) is 18.1 Å². The van der Waals surface area contributed by atoms with E-state index in [0.29, 0.717) is 24.0 Å². The van der Waals surface area contributed by atoms with Crippen molar-refractivity contribution in [2.75, 3.05) is 19.6 Å². The van der Waals surface area contributed by atoms with Crippen LogP contribution in [0.2, 0.25) is 5.02 Å². The van der Waals surface area contributed by atoms with Crippen LogP contribution in [0.3, 0.4) is 0 Å². The number of carboxylic acids is 2. The third-order valence-corrected chi connectivity index (χ3v) is 6.45. The minimum atomic E-state index is -3.44. The summed E-state index contributed by atoms with van der Waals surface area (Å²) in [5.41, 5.74) is 0. The molecule has 154 valence electrons. The molecule has 0 spiro atoms. The van der Waals surface area contributed by atoms with E-state index < -0.39 is 22.0 Å². The first-order valence-corrected chi connectivity index (χ1v) is 10.7. The first-order chi connectivity index (χ1) is 13.2. The molecule has 0 amide bonds. The molecule has 0 saturated heterocycles. The molecule has 0 radical (unpaired) electrons. The number of sulfonamides is 1. The van der Waals surface area contributed by atoms with Crippen molar-refractivity contribution >= 4 is 33.6 Å². The molecular formula is C18H23ClN2O6S. The smallest absolute Gasteiger partial charge is 0.414 e. The number of benzene rings is 1. The van der Waals surface area contributed by atoms with Crippen molar-refractivity contribution < 1.29 is 28.2 Å². The van der Waals surface area contributed by atoms with E-state index in [-0.39, 0.29) is 4.90 Å². The van der Waals surface area contributed by atoms with Gasteiger partial charge in [-0.25, -0.2) is 22.7 Å². The number of nitrogens with one attached hydrogen (secondary N) is 2. The van der Waals surface area contributed by atoms with Crippen LogP contribution in [-0.4, -0.2) is 50.2 Å². The molecule has 1 saturated carbocycles. The van der Waals surface area contributed by atoms with Crippen LogP contribution in [0.25, 0.3) is 0 Å². The van der Waals surface area contributed by atoms with Crippen LogP contribution < -0.4 is 10.0 Å². The summed E-state index contributed by atoms with van der Waals surface area (Å²) in [5.74, 6) is -1.43. The number of carboxylic acid groups (broad SMARTS) is 2. The van der Waals surface area contributed by atoms with E-state index in [2.05, 4.69) is 22.2 Å². The summed E-state index contributed by atoms with van der Waals surface area (Å²) in [4.78, 5) is 18.4. The number of aliphatic carboxylic acids is 2. The van der Waals surface area contributed by atoms with Crippen molar-refractivity contribution in [1.82, 2.24) is 10.0 Å². The van der Waals surface area contributed by atoms with Crippen LogP contribution in [0, 0.1) is 17.8 Å². The summed E-state index contributed by atoms with van der Waals surface area (Å²) in [6.45, 7) is 2.00. The summed E-state index contributed by atoms with van der Waals surface area (Å²) in [7, 11) is -3.44. The maximum atomic E-state index is 12.1. The summed E-state index contributed by atoms with van der Waals surface area (Å²) in [5, 5.41) is 18.7. The van der Waals surface area contributed by atoms with Crippen molar-refractivity contribution in [2.45, 2.75) is 17.7 Å². The fourth-order valence-corrected chi connectivity index (χ4v) is 4.55. The topological polar surface area (TPSA) is 133 Å². The second kappa shape index (κ2) is 10.0. The van der Waals surface area contributed by atoms with E-state index in [9.17, 15) is 8.42 Å². The monoisotopic (exact) mass is 430 g/mol. The van der Waals surface area contributed by atoms with Crippen LogP contribution in [0.15, 0.2) is 41.3 Å². The summed E-state index contributed by atoms with van der Waals surface area (Å²) >= 11 is 5.77. The molecule has 4 N–H and O–H groups in total. The lowest BCUT2D eigenvalue weighted by Gasteiger charge is -2.18. The Morgan fingerprint density at radius 1 is 1.04 bits per heavy atom. The van der Waals surface area contributed by atoms with Gasteiger partial charge >= 0.3 is 11.9 Å². The van der Waals surface area contributed by atoms with Crippen molar-refractivity contribution in [2.24, 2.45) is 17.8 Å². The van der Waals surface area contributed by atoms with Gasteiger partial charge in [0.05, 0.1) is 4.90 Å². The standard InChI is InChI=1S/C16H21ClN2O2S.C2H2O4/c17-15-3-5-16(6-4-15)22(20,21)19-8-7-18-11-14-10-12-1-2-13(14)9-12;3-1(4)2(5)6/h1-6,12-14,18-19H,7-11H2;(H,3,4)(H,5,6). The molecule has 1 aromatic carbocycles. The van der Waals surface area contributed by atoms with Crippen molar-refractivity contribution in [3.05, 3.63) is 41.4 Å². The Hall–Kier alpha value is -1.94. The quantitative estimate of drug-likeness (QED) is 0.293. The zero-order valence-corrected chi connectivity index (χ0v) is 16.6. The highest BCUT2D eigenvalue weighted by atomic mass is 35.5. The van der Waals surface area contributed by atoms with Crippen LogP contribution in [-0.2, 0) is 19.6 Å². The Morgan fingerprint density at radius 3 is 2.18 bits per heavy atom. The highest BCUT2D eigenvalue weighted by Gasteiger charge is 2.34. The van der Waals surface area contributed by atoms with Crippen molar-refractivity contribution in [3.63, 3.8) is 0 Å². The Labute approximate surface area is 168 Å². The van der Waals surface area contributed by atoms with Crippen LogP contribution in [0.1, 0.15) is 12.8 Å². The van der Waals surface area contributed by atoms with Crippen molar-refractivity contribution in [3.8, 4) is 0 Å². The van der Waals surface area contributed by atoms with Gasteiger partial charge in [-0.05, 0) is 61.4 Å². The molecule has 0 aliphatic heterocycles. The SMILES string of the molecule is O=C(O)C(=O)O.O=S(=O)(NCCNCC1CC2C=CC1C2)c1ccc(Cl)cc1. The van der Waals surface area contributed by atoms with Crippen LogP contribution >= 0.6 is 11.6 Å². The van der Waals surface area contributed by atoms with E-state index in [4.69, 9.17) is 31.4 Å². The van der Waals surface area contributed by atoms with Gasteiger partial charge < -0.3 is 15.5 Å². The van der Waals surface area contributed by atoms with Gasteiger partial charge in [-0.15, -0.1) is 0 Å². The van der Waals surface area contributed by atoms with E-state index in [1.54, 1.807) is 12.1 Å². The van der Waals surface area contributed by atoms with Crippen molar-refractivity contribution in [1.29, 1.82) is 0 Å². The third-order valence-electron chi connectivity index (χ3n) is 4.72. The Kier molecular flexibility index (Phi) is 7.99. The Bertz CT molecular complexity index is 813. The van der Waals surface area contributed by atoms with E-state index in [1.807, 2.05) is 0 Å². The second-order valence-electron chi connectivity index (χ2n) is 6.71. The van der Waals surface area contributed by atoms with E-state index in [1.165, 1.54) is 25.0 Å². The van der Waals surface area contributed by atoms with Gasteiger partial charge in [0.25, 0.3) is 0 Å². The lowest BCUT2D eigenvalue weighted by Crippen LogP contribution is -2.34. The zero-order valence-electron chi connectivity index (χ0n) is 15.0. The molecule has 3 atom stereocenters. The number of halogens is 1. The Morgan fingerprint density at radius 2 is 1.68 bits per heavy atom. The van der Waals surface area contributed by atoms with Crippen LogP contribution in [0.4, 0.5) is 0 Å². The molecule has 2 bridgehead atoms. The minimum Gasteiger partial charge on any atom is -0.473 e. The molecule has 1 aromatic rings. The highest BCUT2D eigenvalue weighted by Crippen LogP contribution is 2.42. The molecule has 8 nitrogen and oxygen atoms in total. The maximum absolute atomic E-state index is 12.1. The fraction of sp³-hybridized carbons (Fsp3) is 0.444. The van der Waals surface area contributed by atoms with Gasteiger partial charge in [-0.1, -0.05) is 23.8 Å². The summed E-state index contributed by atoms with van der Waals surface area (Å²) < 4.78 is 26.8. The molecular weight excluding hydrogens is 408 g/mol.